The van der Waals surface area contributed by atoms with Gasteiger partial charge in [0.05, 0.1) is 22.1 Å². The van der Waals surface area contributed by atoms with E-state index in [2.05, 4.69) is 196 Å². The topological polar surface area (TPSA) is 61.4 Å². The monoisotopic (exact) mass is 824 g/mol. The SMILES string of the molecule is CCc1cccc([Si](c2cccc(C)c2)(c2cccc(-n3c4ccncc4c4cnc(C(C)(C)C)cc43)c2)c2cccc(-n3c4ccncc4c4cnc(C(C)(C)C)cc43)c2)c1. The van der Waals surface area contributed by atoms with Crippen molar-refractivity contribution in [1.29, 1.82) is 0 Å². The van der Waals surface area contributed by atoms with Crippen molar-refractivity contribution in [3.8, 4) is 11.4 Å². The third kappa shape index (κ3) is 6.37. The van der Waals surface area contributed by atoms with Gasteiger partial charge >= 0.3 is 0 Å². The summed E-state index contributed by atoms with van der Waals surface area (Å²) in [5.41, 5.74) is 11.2. The predicted octanol–water partition coefficient (Wildman–Crippen LogP) is 10.3. The van der Waals surface area contributed by atoms with Crippen molar-refractivity contribution in [2.24, 2.45) is 0 Å². The summed E-state index contributed by atoms with van der Waals surface area (Å²) in [6, 6.07) is 46.3. The minimum absolute atomic E-state index is 0.115. The lowest BCUT2D eigenvalue weighted by molar-refractivity contribution is 0.570. The average molecular weight is 825 g/mol. The molecule has 306 valence electrons. The first kappa shape index (κ1) is 39.4. The van der Waals surface area contributed by atoms with Crippen molar-refractivity contribution in [1.82, 2.24) is 29.1 Å². The third-order valence-electron chi connectivity index (χ3n) is 12.7. The molecular weight excluding hydrogens is 773 g/mol. The molecule has 0 aliphatic carbocycles. The summed E-state index contributed by atoms with van der Waals surface area (Å²) in [7, 11) is -3.09. The molecule has 0 saturated carbocycles. The first-order valence-electron chi connectivity index (χ1n) is 21.7. The van der Waals surface area contributed by atoms with E-state index in [1.807, 2.05) is 37.2 Å². The zero-order valence-electron chi connectivity index (χ0n) is 36.9. The lowest BCUT2D eigenvalue weighted by Crippen LogP contribution is -2.75. The molecule has 0 N–H and O–H groups in total. The first-order chi connectivity index (χ1) is 29.9. The predicted molar refractivity (Wildman–Crippen MR) is 261 cm³/mol. The molecule has 10 aromatic rings. The van der Waals surface area contributed by atoms with E-state index < -0.39 is 8.07 Å². The summed E-state index contributed by atoms with van der Waals surface area (Å²) in [4.78, 5) is 19.1. The van der Waals surface area contributed by atoms with Crippen molar-refractivity contribution in [3.63, 3.8) is 0 Å². The highest BCUT2D eigenvalue weighted by Gasteiger charge is 2.42. The van der Waals surface area contributed by atoms with Crippen LogP contribution in [0.2, 0.25) is 0 Å². The number of pyridine rings is 4. The number of rotatable bonds is 7. The minimum atomic E-state index is -3.09. The van der Waals surface area contributed by atoms with E-state index in [1.54, 1.807) is 0 Å². The molecule has 4 aromatic carbocycles. The molecule has 7 heteroatoms. The molecule has 6 aromatic heterocycles. The standard InChI is InChI=1S/C55H52N6Si/c1-9-37-15-11-19-41(27-37)62(40-18-10-14-36(2)26-40,42-20-12-16-38(28-42)60-48-22-24-56-32-44(48)46-34-58-52(30-50(46)60)54(3,4)5)43-21-13-17-39(29-43)61-49-23-25-57-33-45(49)47-35-59-53(31-51(47)61)55(6,7)8/h10-35H,9H2,1-8H3. The van der Waals surface area contributed by atoms with Crippen LogP contribution in [0, 0.1) is 6.92 Å². The van der Waals surface area contributed by atoms with Crippen LogP contribution in [-0.4, -0.2) is 37.1 Å². The molecule has 6 heterocycles. The Labute approximate surface area is 365 Å². The van der Waals surface area contributed by atoms with E-state index in [0.29, 0.717) is 0 Å². The van der Waals surface area contributed by atoms with Crippen LogP contribution in [0.4, 0.5) is 0 Å². The summed E-state index contributed by atoms with van der Waals surface area (Å²) in [5.74, 6) is 0. The molecule has 62 heavy (non-hydrogen) atoms. The largest absolute Gasteiger partial charge is 0.309 e. The number of nitrogens with zero attached hydrogens (tertiary/aromatic N) is 6. The van der Waals surface area contributed by atoms with Crippen LogP contribution in [-0.2, 0) is 17.3 Å². The summed E-state index contributed by atoms with van der Waals surface area (Å²) in [5, 5.41) is 9.71. The van der Waals surface area contributed by atoms with Crippen LogP contribution in [0.25, 0.3) is 55.0 Å². The van der Waals surface area contributed by atoms with Gasteiger partial charge in [0.15, 0.2) is 8.07 Å². The summed E-state index contributed by atoms with van der Waals surface area (Å²) in [6.07, 6.45) is 12.8. The number of fused-ring (bicyclic) bond motifs is 6. The summed E-state index contributed by atoms with van der Waals surface area (Å²) >= 11 is 0. The van der Waals surface area contributed by atoms with Gasteiger partial charge in [-0.1, -0.05) is 127 Å². The Balaban J connectivity index is 1.30. The fraction of sp³-hybridized carbons (Fsp3) is 0.200. The highest BCUT2D eigenvalue weighted by Crippen LogP contribution is 2.35. The second-order valence-electron chi connectivity index (χ2n) is 18.9. The Morgan fingerprint density at radius 2 is 0.903 bits per heavy atom. The minimum Gasteiger partial charge on any atom is -0.309 e. The molecule has 0 fully saturated rings. The van der Waals surface area contributed by atoms with Gasteiger partial charge in [-0.3, -0.25) is 19.9 Å². The van der Waals surface area contributed by atoms with Crippen LogP contribution < -0.4 is 20.7 Å². The van der Waals surface area contributed by atoms with Crippen molar-refractivity contribution in [2.45, 2.75) is 72.6 Å². The highest BCUT2D eigenvalue weighted by molar-refractivity contribution is 7.20. The summed E-state index contributed by atoms with van der Waals surface area (Å²) < 4.78 is 4.85. The number of aromatic nitrogens is 6. The van der Waals surface area contributed by atoms with E-state index in [0.717, 1.165) is 72.8 Å². The Kier molecular flexibility index (Phi) is 9.37. The van der Waals surface area contributed by atoms with E-state index in [-0.39, 0.29) is 10.8 Å². The smallest absolute Gasteiger partial charge is 0.179 e. The van der Waals surface area contributed by atoms with Crippen LogP contribution in [0.1, 0.15) is 71.0 Å². The zero-order chi connectivity index (χ0) is 43.0. The molecule has 0 atom stereocenters. The molecule has 0 aliphatic rings. The fourth-order valence-electron chi connectivity index (χ4n) is 9.55. The maximum Gasteiger partial charge on any atom is 0.179 e. The van der Waals surface area contributed by atoms with Crippen LogP contribution in [0.3, 0.4) is 0 Å². The summed E-state index contributed by atoms with van der Waals surface area (Å²) in [6.45, 7) is 17.9. The Hall–Kier alpha value is -6.70. The number of benzene rings is 4. The van der Waals surface area contributed by atoms with Crippen LogP contribution >= 0.6 is 0 Å². The van der Waals surface area contributed by atoms with E-state index >= 15 is 0 Å². The normalized spacial score (nSPS) is 12.6. The van der Waals surface area contributed by atoms with Gasteiger partial charge in [0.2, 0.25) is 0 Å². The molecule has 10 rings (SSSR count). The maximum absolute atomic E-state index is 4.98. The van der Waals surface area contributed by atoms with E-state index in [9.17, 15) is 0 Å². The van der Waals surface area contributed by atoms with Crippen molar-refractivity contribution >= 4 is 72.4 Å². The van der Waals surface area contributed by atoms with Gasteiger partial charge in [-0.25, -0.2) is 0 Å². The van der Waals surface area contributed by atoms with Crippen molar-refractivity contribution in [3.05, 3.63) is 181 Å². The highest BCUT2D eigenvalue weighted by atomic mass is 28.3. The molecule has 0 unspecified atom stereocenters. The van der Waals surface area contributed by atoms with Crippen molar-refractivity contribution in [2.75, 3.05) is 0 Å². The van der Waals surface area contributed by atoms with Crippen LogP contribution in [0.15, 0.2) is 159 Å². The molecule has 0 aliphatic heterocycles. The van der Waals surface area contributed by atoms with E-state index in [4.69, 9.17) is 9.97 Å². The van der Waals surface area contributed by atoms with Gasteiger partial charge < -0.3 is 9.13 Å². The lowest BCUT2D eigenvalue weighted by Gasteiger charge is -2.35. The lowest BCUT2D eigenvalue weighted by atomic mass is 9.91. The van der Waals surface area contributed by atoms with Gasteiger partial charge in [0.1, 0.15) is 0 Å². The molecule has 0 bridgehead atoms. The Bertz CT molecular complexity index is 3170. The third-order valence-corrected chi connectivity index (χ3v) is 17.4. The fourth-order valence-corrected chi connectivity index (χ4v) is 14.5. The molecule has 0 radical (unpaired) electrons. The van der Waals surface area contributed by atoms with Gasteiger partial charge in [0.25, 0.3) is 0 Å². The van der Waals surface area contributed by atoms with Crippen molar-refractivity contribution < 1.29 is 0 Å². The van der Waals surface area contributed by atoms with Gasteiger partial charge in [-0.05, 0) is 88.2 Å². The molecule has 0 spiro atoms. The number of hydrogen-bond acceptors (Lipinski definition) is 4. The molecule has 0 amide bonds. The molecule has 0 saturated heterocycles. The second kappa shape index (κ2) is 14.7. The van der Waals surface area contributed by atoms with Crippen LogP contribution in [0.5, 0.6) is 0 Å². The van der Waals surface area contributed by atoms with Gasteiger partial charge in [-0.2, -0.15) is 0 Å². The Morgan fingerprint density at radius 1 is 0.468 bits per heavy atom. The van der Waals surface area contributed by atoms with Gasteiger partial charge in [-0.15, -0.1) is 0 Å². The Morgan fingerprint density at radius 3 is 1.37 bits per heavy atom. The molecular formula is C55H52N6Si. The average Bonchev–Trinajstić information content (AvgIpc) is 3.79. The second-order valence-corrected chi connectivity index (χ2v) is 22.7. The number of hydrogen-bond donors (Lipinski definition) is 0. The number of aryl methyl sites for hydroxylation is 2. The van der Waals surface area contributed by atoms with Gasteiger partial charge in [0, 0.05) is 92.3 Å². The van der Waals surface area contributed by atoms with E-state index in [1.165, 1.54) is 31.9 Å². The quantitative estimate of drug-likeness (QED) is 0.119. The molecule has 6 nitrogen and oxygen atoms in total. The zero-order valence-corrected chi connectivity index (χ0v) is 37.9. The first-order valence-corrected chi connectivity index (χ1v) is 23.7. The maximum atomic E-state index is 4.98.